The van der Waals surface area contributed by atoms with Crippen molar-refractivity contribution < 1.29 is 9.50 Å². The minimum absolute atomic E-state index is 0.0610. The summed E-state index contributed by atoms with van der Waals surface area (Å²) >= 11 is 11.4. The van der Waals surface area contributed by atoms with Gasteiger partial charge in [-0.05, 0) is 68.1 Å². The van der Waals surface area contributed by atoms with Crippen LogP contribution < -0.4 is 10.2 Å². The minimum Gasteiger partial charge on any atom is -0.393 e. The molecule has 6 heteroatoms. The van der Waals surface area contributed by atoms with Crippen molar-refractivity contribution in [2.24, 2.45) is 0 Å². The van der Waals surface area contributed by atoms with Crippen LogP contribution in [0.25, 0.3) is 0 Å². The highest BCUT2D eigenvalue weighted by molar-refractivity contribution is 7.81. The lowest BCUT2D eigenvalue weighted by Crippen LogP contribution is -2.25. The molecule has 0 amide bonds. The molecule has 0 spiro atoms. The second-order valence-corrected chi connectivity index (χ2v) is 7.53. The lowest BCUT2D eigenvalue weighted by molar-refractivity contribution is 0.161. The van der Waals surface area contributed by atoms with Crippen molar-refractivity contribution in [3.05, 3.63) is 58.4 Å². The minimum atomic E-state index is -0.454. The molecule has 0 bridgehead atoms. The molecule has 2 N–H and O–H groups in total. The molecular formula is C20H22ClFN2OS. The van der Waals surface area contributed by atoms with E-state index in [-0.39, 0.29) is 11.1 Å². The van der Waals surface area contributed by atoms with Gasteiger partial charge in [0.1, 0.15) is 10.8 Å². The third-order valence-electron chi connectivity index (χ3n) is 4.56. The Kier molecular flexibility index (Phi) is 6.12. The number of halogens is 2. The van der Waals surface area contributed by atoms with Crippen molar-refractivity contribution in [3.8, 4) is 0 Å². The van der Waals surface area contributed by atoms with Gasteiger partial charge in [-0.3, -0.25) is 0 Å². The Morgan fingerprint density at radius 2 is 2.04 bits per heavy atom. The average molecular weight is 393 g/mol. The first-order valence-corrected chi connectivity index (χ1v) is 9.52. The Balaban J connectivity index is 1.80. The van der Waals surface area contributed by atoms with Crippen molar-refractivity contribution in [2.75, 3.05) is 23.3 Å². The second kappa shape index (κ2) is 8.33. The van der Waals surface area contributed by atoms with Gasteiger partial charge in [0.15, 0.2) is 0 Å². The van der Waals surface area contributed by atoms with Crippen LogP contribution in [-0.2, 0) is 0 Å². The molecule has 1 heterocycles. The first kappa shape index (κ1) is 19.1. The largest absolute Gasteiger partial charge is 0.393 e. The maximum atomic E-state index is 13.3. The molecule has 0 saturated carbocycles. The summed E-state index contributed by atoms with van der Waals surface area (Å²) in [6.45, 7) is 3.79. The zero-order valence-corrected chi connectivity index (χ0v) is 16.2. The summed E-state index contributed by atoms with van der Waals surface area (Å²) in [6, 6.07) is 10.7. The maximum Gasteiger partial charge on any atom is 0.141 e. The number of benzene rings is 2. The predicted octanol–water partition coefficient (Wildman–Crippen LogP) is 4.93. The first-order valence-electron chi connectivity index (χ1n) is 8.73. The van der Waals surface area contributed by atoms with Crippen molar-refractivity contribution in [2.45, 2.75) is 32.3 Å². The molecule has 3 rings (SSSR count). The number of aliphatic hydroxyl groups excluding tert-OH is 1. The molecule has 0 aromatic heterocycles. The fourth-order valence-corrected chi connectivity index (χ4v) is 3.61. The van der Waals surface area contributed by atoms with E-state index in [4.69, 9.17) is 23.8 Å². The Morgan fingerprint density at radius 3 is 2.81 bits per heavy atom. The molecule has 2 aromatic carbocycles. The van der Waals surface area contributed by atoms with Crippen LogP contribution in [0.1, 0.15) is 30.4 Å². The lowest BCUT2D eigenvalue weighted by atomic mass is 10.1. The van der Waals surface area contributed by atoms with Gasteiger partial charge >= 0.3 is 0 Å². The number of thiocarbonyl (C=S) groups is 1. The molecular weight excluding hydrogens is 371 g/mol. The number of nitrogens with one attached hydrogen (secondary N) is 1. The summed E-state index contributed by atoms with van der Waals surface area (Å²) in [5, 5.41) is 13.0. The van der Waals surface area contributed by atoms with E-state index >= 15 is 0 Å². The van der Waals surface area contributed by atoms with Crippen molar-refractivity contribution >= 4 is 40.2 Å². The van der Waals surface area contributed by atoms with Crippen molar-refractivity contribution in [1.82, 2.24) is 0 Å². The monoisotopic (exact) mass is 392 g/mol. The van der Waals surface area contributed by atoms with E-state index in [0.29, 0.717) is 10.7 Å². The summed E-state index contributed by atoms with van der Waals surface area (Å²) < 4.78 is 13.3. The molecule has 1 aliphatic heterocycles. The highest BCUT2D eigenvalue weighted by Gasteiger charge is 2.16. The lowest BCUT2D eigenvalue weighted by Gasteiger charge is -2.24. The summed E-state index contributed by atoms with van der Waals surface area (Å²) in [4.78, 5) is 2.86. The van der Waals surface area contributed by atoms with Crippen LogP contribution in [0, 0.1) is 12.7 Å². The molecule has 1 aliphatic rings. The third kappa shape index (κ3) is 4.72. The summed E-state index contributed by atoms with van der Waals surface area (Å²) in [6.07, 6.45) is 2.39. The summed E-state index contributed by atoms with van der Waals surface area (Å²) in [7, 11) is 0. The number of anilines is 2. The first-order chi connectivity index (χ1) is 12.4. The van der Waals surface area contributed by atoms with Crippen LogP contribution in [0.2, 0.25) is 5.02 Å². The van der Waals surface area contributed by atoms with Crippen LogP contribution >= 0.6 is 23.8 Å². The number of rotatable bonds is 3. The van der Waals surface area contributed by atoms with Crippen LogP contribution in [0.3, 0.4) is 0 Å². The summed E-state index contributed by atoms with van der Waals surface area (Å²) in [5.74, 6) is -0.454. The molecule has 1 saturated heterocycles. The van der Waals surface area contributed by atoms with Gasteiger partial charge in [0.2, 0.25) is 0 Å². The van der Waals surface area contributed by atoms with Crippen LogP contribution in [0.4, 0.5) is 15.8 Å². The van der Waals surface area contributed by atoms with Crippen LogP contribution in [0.5, 0.6) is 0 Å². The second-order valence-electron chi connectivity index (χ2n) is 6.71. The fraction of sp³-hybridized carbons (Fsp3) is 0.350. The highest BCUT2D eigenvalue weighted by atomic mass is 35.5. The van der Waals surface area contributed by atoms with E-state index in [1.807, 2.05) is 13.0 Å². The molecule has 0 aliphatic carbocycles. The van der Waals surface area contributed by atoms with E-state index in [9.17, 15) is 9.50 Å². The van der Waals surface area contributed by atoms with Gasteiger partial charge in [0, 0.05) is 30.0 Å². The molecule has 1 atom stereocenters. The molecule has 26 heavy (non-hydrogen) atoms. The molecule has 3 nitrogen and oxygen atoms in total. The number of aliphatic hydroxyl groups is 1. The average Bonchev–Trinajstić information content (AvgIpc) is 2.82. The van der Waals surface area contributed by atoms with E-state index in [1.165, 1.54) is 12.1 Å². The van der Waals surface area contributed by atoms with Gasteiger partial charge in [-0.1, -0.05) is 23.8 Å². The van der Waals surface area contributed by atoms with Crippen molar-refractivity contribution in [1.29, 1.82) is 0 Å². The highest BCUT2D eigenvalue weighted by Crippen LogP contribution is 2.25. The Morgan fingerprint density at radius 1 is 1.23 bits per heavy atom. The van der Waals surface area contributed by atoms with Crippen LogP contribution in [0.15, 0.2) is 36.4 Å². The van der Waals surface area contributed by atoms with Gasteiger partial charge in [0.25, 0.3) is 0 Å². The standard InChI is InChI=1S/C20H22ClFN2OS/c1-13-9-14(20(26)23-15-4-5-19(22)18(21)12-15)11-16(10-13)24-7-2-3-17(25)6-8-24/h4-5,9-12,17,25H,2-3,6-8H2,1H3,(H,23,26). The SMILES string of the molecule is Cc1cc(C(=S)Nc2ccc(F)c(Cl)c2)cc(N2CCCC(O)CC2)c1. The molecule has 138 valence electrons. The summed E-state index contributed by atoms with van der Waals surface area (Å²) in [5.41, 5.74) is 3.78. The fourth-order valence-electron chi connectivity index (χ4n) is 3.19. The molecule has 1 unspecified atom stereocenters. The van der Waals surface area contributed by atoms with E-state index in [1.54, 1.807) is 6.07 Å². The van der Waals surface area contributed by atoms with E-state index in [0.717, 1.165) is 49.2 Å². The van der Waals surface area contributed by atoms with E-state index in [2.05, 4.69) is 22.3 Å². The number of hydrogen-bond acceptors (Lipinski definition) is 3. The molecule has 2 aromatic rings. The van der Waals surface area contributed by atoms with Crippen molar-refractivity contribution in [3.63, 3.8) is 0 Å². The Labute approximate surface area is 163 Å². The van der Waals surface area contributed by atoms with Gasteiger partial charge < -0.3 is 15.3 Å². The Hall–Kier alpha value is -1.69. The van der Waals surface area contributed by atoms with Crippen LogP contribution in [-0.4, -0.2) is 29.3 Å². The zero-order chi connectivity index (χ0) is 18.7. The smallest absolute Gasteiger partial charge is 0.141 e. The number of nitrogens with zero attached hydrogens (tertiary/aromatic N) is 1. The van der Waals surface area contributed by atoms with Gasteiger partial charge in [-0.2, -0.15) is 0 Å². The topological polar surface area (TPSA) is 35.5 Å². The maximum absolute atomic E-state index is 13.3. The third-order valence-corrected chi connectivity index (χ3v) is 5.19. The normalized spacial score (nSPS) is 17.7. The Bertz CT molecular complexity index is 814. The van der Waals surface area contributed by atoms with Gasteiger partial charge in [-0.25, -0.2) is 4.39 Å². The number of hydrogen-bond donors (Lipinski definition) is 2. The zero-order valence-electron chi connectivity index (χ0n) is 14.6. The molecule has 0 radical (unpaired) electrons. The molecule has 1 fully saturated rings. The quantitative estimate of drug-likeness (QED) is 0.726. The predicted molar refractivity (Wildman–Crippen MR) is 110 cm³/mol. The van der Waals surface area contributed by atoms with Gasteiger partial charge in [-0.15, -0.1) is 0 Å². The number of aryl methyl sites for hydroxylation is 1. The van der Waals surface area contributed by atoms with Gasteiger partial charge in [0.05, 0.1) is 11.1 Å². The van der Waals surface area contributed by atoms with E-state index < -0.39 is 5.82 Å².